The number of hydrogen-bond donors (Lipinski definition) is 3. The third-order valence-corrected chi connectivity index (χ3v) is 10.1. The van der Waals surface area contributed by atoms with E-state index in [4.69, 9.17) is 9.47 Å². The summed E-state index contributed by atoms with van der Waals surface area (Å²) in [7, 11) is 0. The van der Waals surface area contributed by atoms with Crippen LogP contribution in [-0.2, 0) is 16.0 Å². The molecular formula is C37H43FN4O5. The van der Waals surface area contributed by atoms with E-state index < -0.39 is 23.9 Å². The first-order valence-electron chi connectivity index (χ1n) is 16.9. The molecule has 3 N–H and O–H groups in total. The van der Waals surface area contributed by atoms with Crippen molar-refractivity contribution < 1.29 is 28.6 Å². The van der Waals surface area contributed by atoms with Crippen molar-refractivity contribution >= 4 is 23.2 Å². The second kappa shape index (κ2) is 13.6. The van der Waals surface area contributed by atoms with Crippen molar-refractivity contribution in [1.29, 1.82) is 0 Å². The fourth-order valence-electron chi connectivity index (χ4n) is 7.31. The lowest BCUT2D eigenvalue weighted by molar-refractivity contribution is -0.117. The predicted molar refractivity (Wildman–Crippen MR) is 177 cm³/mol. The number of rotatable bonds is 10. The van der Waals surface area contributed by atoms with Crippen molar-refractivity contribution in [2.24, 2.45) is 0 Å². The summed E-state index contributed by atoms with van der Waals surface area (Å²) >= 11 is 0. The van der Waals surface area contributed by atoms with Crippen molar-refractivity contribution in [3.05, 3.63) is 89.2 Å². The molecule has 1 saturated carbocycles. The minimum atomic E-state index is -0.926. The van der Waals surface area contributed by atoms with Crippen LogP contribution in [0.2, 0.25) is 0 Å². The monoisotopic (exact) mass is 642 g/mol. The van der Waals surface area contributed by atoms with Crippen LogP contribution in [0.5, 0.6) is 5.75 Å². The van der Waals surface area contributed by atoms with E-state index in [1.165, 1.54) is 23.1 Å². The Kier molecular flexibility index (Phi) is 9.16. The van der Waals surface area contributed by atoms with Gasteiger partial charge in [0.15, 0.2) is 0 Å². The third kappa shape index (κ3) is 6.86. The Morgan fingerprint density at radius 3 is 2.55 bits per heavy atom. The SMILES string of the molecule is O=C(NC(Cc1ccccc1)[C@@H](O)CN[C@H]1CC2(CCC2)Oc2ccc(N3CCOCC3)cc21)c1ccc(F)c(N2CCCC2=O)c1. The van der Waals surface area contributed by atoms with Gasteiger partial charge in [-0.1, -0.05) is 30.3 Å². The van der Waals surface area contributed by atoms with Gasteiger partial charge < -0.3 is 35.0 Å². The smallest absolute Gasteiger partial charge is 0.251 e. The molecule has 1 aliphatic carbocycles. The van der Waals surface area contributed by atoms with Crippen LogP contribution in [0.15, 0.2) is 66.7 Å². The minimum Gasteiger partial charge on any atom is -0.487 e. The van der Waals surface area contributed by atoms with E-state index in [9.17, 15) is 19.1 Å². The number of anilines is 2. The van der Waals surface area contributed by atoms with Crippen molar-refractivity contribution in [1.82, 2.24) is 10.6 Å². The number of carbonyl (C=O) groups is 2. The zero-order valence-electron chi connectivity index (χ0n) is 26.6. The molecule has 3 aliphatic heterocycles. The summed E-state index contributed by atoms with van der Waals surface area (Å²) in [6.45, 7) is 3.75. The first-order chi connectivity index (χ1) is 22.9. The Balaban J connectivity index is 1.10. The molecule has 2 saturated heterocycles. The van der Waals surface area contributed by atoms with Crippen LogP contribution in [0.25, 0.3) is 0 Å². The Labute approximate surface area is 275 Å². The summed E-state index contributed by atoms with van der Waals surface area (Å²) in [6, 6.07) is 19.6. The molecule has 9 nitrogen and oxygen atoms in total. The van der Waals surface area contributed by atoms with Crippen molar-refractivity contribution in [3.8, 4) is 5.75 Å². The summed E-state index contributed by atoms with van der Waals surface area (Å²) in [5, 5.41) is 18.3. The molecule has 3 aromatic carbocycles. The zero-order valence-corrected chi connectivity index (χ0v) is 26.6. The highest BCUT2D eigenvalue weighted by Crippen LogP contribution is 2.49. The molecule has 1 unspecified atom stereocenters. The van der Waals surface area contributed by atoms with E-state index in [1.807, 2.05) is 30.3 Å². The van der Waals surface area contributed by atoms with E-state index in [0.717, 1.165) is 61.3 Å². The van der Waals surface area contributed by atoms with Crippen LogP contribution in [0.4, 0.5) is 15.8 Å². The lowest BCUT2D eigenvalue weighted by atomic mass is 9.73. The predicted octanol–water partition coefficient (Wildman–Crippen LogP) is 4.53. The maximum absolute atomic E-state index is 14.7. The zero-order chi connectivity index (χ0) is 32.4. The number of fused-ring (bicyclic) bond motifs is 1. The van der Waals surface area contributed by atoms with E-state index in [0.29, 0.717) is 39.0 Å². The van der Waals surface area contributed by atoms with E-state index in [2.05, 4.69) is 33.7 Å². The summed E-state index contributed by atoms with van der Waals surface area (Å²) in [6.07, 6.45) is 4.46. The van der Waals surface area contributed by atoms with Crippen LogP contribution < -0.4 is 25.2 Å². The van der Waals surface area contributed by atoms with E-state index in [-0.39, 0.29) is 35.3 Å². The Morgan fingerprint density at radius 2 is 1.83 bits per heavy atom. The molecule has 0 aromatic heterocycles. The van der Waals surface area contributed by atoms with Gasteiger partial charge in [-0.3, -0.25) is 9.59 Å². The average Bonchev–Trinajstić information content (AvgIpc) is 3.52. The maximum Gasteiger partial charge on any atom is 0.251 e. The van der Waals surface area contributed by atoms with Gasteiger partial charge in [-0.15, -0.1) is 0 Å². The number of morpholine rings is 1. The third-order valence-electron chi connectivity index (χ3n) is 10.1. The molecule has 47 heavy (non-hydrogen) atoms. The quantitative estimate of drug-likeness (QED) is 0.299. The Bertz CT molecular complexity index is 1590. The second-order valence-electron chi connectivity index (χ2n) is 13.3. The number of hydrogen-bond acceptors (Lipinski definition) is 7. The number of halogens is 1. The molecule has 10 heteroatoms. The summed E-state index contributed by atoms with van der Waals surface area (Å²) in [4.78, 5) is 29.7. The number of aliphatic hydroxyl groups excluding tert-OH is 1. The first kappa shape index (κ1) is 31.6. The summed E-state index contributed by atoms with van der Waals surface area (Å²) < 4.78 is 26.9. The lowest BCUT2D eigenvalue weighted by Gasteiger charge is -2.48. The fraction of sp³-hybridized carbons (Fsp3) is 0.459. The summed E-state index contributed by atoms with van der Waals surface area (Å²) in [5.41, 5.74) is 3.35. The standard InChI is InChI=1S/C37H43FN4O5/c38-29-11-9-26(21-32(29)42-15-4-8-35(42)44)36(45)40-30(20-25-6-2-1-3-7-25)33(43)24-39-31-23-37(13-5-14-37)47-34-12-10-27(22-28(31)34)41-16-18-46-19-17-41/h1-3,6-7,9-12,21-22,30-31,33,39,43H,4-5,8,13-20,23-24H2,(H,40,45)/t30?,31-,33-/m0/s1. The number of nitrogens with one attached hydrogen (secondary N) is 2. The Hall–Kier alpha value is -3.99. The highest BCUT2D eigenvalue weighted by molar-refractivity contribution is 5.99. The van der Waals surface area contributed by atoms with Crippen molar-refractivity contribution in [2.45, 2.75) is 68.7 Å². The second-order valence-corrected chi connectivity index (χ2v) is 13.3. The lowest BCUT2D eigenvalue weighted by Crippen LogP contribution is -2.52. The largest absolute Gasteiger partial charge is 0.487 e. The normalized spacial score (nSPS) is 21.5. The Morgan fingerprint density at radius 1 is 1.02 bits per heavy atom. The number of nitrogens with zero attached hydrogens (tertiary/aromatic N) is 2. The molecule has 3 aromatic rings. The minimum absolute atomic E-state index is 0.0274. The number of ether oxygens (including phenoxy) is 2. The molecule has 0 radical (unpaired) electrons. The molecule has 3 heterocycles. The fourth-order valence-corrected chi connectivity index (χ4v) is 7.31. The van der Waals surface area contributed by atoms with Crippen LogP contribution >= 0.6 is 0 Å². The van der Waals surface area contributed by atoms with Gasteiger partial charge in [-0.2, -0.15) is 0 Å². The molecule has 2 amide bonds. The van der Waals surface area contributed by atoms with Crippen molar-refractivity contribution in [3.63, 3.8) is 0 Å². The van der Waals surface area contributed by atoms with Crippen LogP contribution in [0.1, 0.15) is 66.1 Å². The number of amides is 2. The van der Waals surface area contributed by atoms with Crippen LogP contribution in [0.3, 0.4) is 0 Å². The number of carbonyl (C=O) groups excluding carboxylic acids is 2. The van der Waals surface area contributed by atoms with Gasteiger partial charge >= 0.3 is 0 Å². The first-order valence-corrected chi connectivity index (χ1v) is 16.9. The van der Waals surface area contributed by atoms with E-state index >= 15 is 0 Å². The van der Waals surface area contributed by atoms with Gasteiger partial charge in [-0.25, -0.2) is 4.39 Å². The van der Waals surface area contributed by atoms with Gasteiger partial charge in [0.25, 0.3) is 5.91 Å². The van der Waals surface area contributed by atoms with E-state index in [1.54, 1.807) is 0 Å². The van der Waals surface area contributed by atoms with Crippen LogP contribution in [0, 0.1) is 5.82 Å². The molecule has 0 bridgehead atoms. The molecule has 7 rings (SSSR count). The van der Waals surface area contributed by atoms with Gasteiger partial charge in [0, 0.05) is 61.9 Å². The molecule has 3 fully saturated rings. The number of benzene rings is 3. The average molecular weight is 643 g/mol. The van der Waals surface area contributed by atoms with Gasteiger partial charge in [0.2, 0.25) is 5.91 Å². The number of aliphatic hydroxyl groups is 1. The van der Waals surface area contributed by atoms with Gasteiger partial charge in [0.1, 0.15) is 17.2 Å². The van der Waals surface area contributed by atoms with Crippen molar-refractivity contribution in [2.75, 3.05) is 49.2 Å². The highest BCUT2D eigenvalue weighted by atomic mass is 19.1. The molecule has 1 spiro atoms. The molecule has 4 aliphatic rings. The maximum atomic E-state index is 14.7. The summed E-state index contributed by atoms with van der Waals surface area (Å²) in [5.74, 6) is -0.240. The molecular weight excluding hydrogens is 599 g/mol. The topological polar surface area (TPSA) is 103 Å². The highest BCUT2D eigenvalue weighted by Gasteiger charge is 2.46. The molecule has 3 atom stereocenters. The van der Waals surface area contributed by atoms with Crippen LogP contribution in [-0.4, -0.2) is 74.1 Å². The molecule has 248 valence electrons. The van der Waals surface area contributed by atoms with Gasteiger partial charge in [-0.05, 0) is 74.1 Å². The van der Waals surface area contributed by atoms with Gasteiger partial charge in [0.05, 0.1) is 31.0 Å².